The summed E-state index contributed by atoms with van der Waals surface area (Å²) in [6.45, 7) is 4.20. The minimum Gasteiger partial charge on any atom is -0.396 e. The molecule has 112 valence electrons. The summed E-state index contributed by atoms with van der Waals surface area (Å²) in [5, 5.41) is 11.8. The number of nitrogens with one attached hydrogen (secondary N) is 1. The van der Waals surface area contributed by atoms with Crippen molar-refractivity contribution in [2.45, 2.75) is 45.6 Å². The maximum Gasteiger partial charge on any atom is 0.223 e. The molecular formula is C16H24BrNO2. The van der Waals surface area contributed by atoms with Gasteiger partial charge in [0.15, 0.2) is 0 Å². The van der Waals surface area contributed by atoms with Gasteiger partial charge in [-0.3, -0.25) is 4.79 Å². The third-order valence-electron chi connectivity index (χ3n) is 3.42. The summed E-state index contributed by atoms with van der Waals surface area (Å²) in [4.78, 5) is 12.3. The predicted molar refractivity (Wildman–Crippen MR) is 85.6 cm³/mol. The van der Waals surface area contributed by atoms with Crippen LogP contribution in [0, 0.1) is 5.92 Å². The highest BCUT2D eigenvalue weighted by atomic mass is 79.9. The first-order valence-corrected chi connectivity index (χ1v) is 8.01. The summed E-state index contributed by atoms with van der Waals surface area (Å²) in [6, 6.07) is 8.21. The van der Waals surface area contributed by atoms with Crippen molar-refractivity contribution in [2.24, 2.45) is 5.92 Å². The van der Waals surface area contributed by atoms with Crippen LogP contribution in [0.1, 0.15) is 38.7 Å². The van der Waals surface area contributed by atoms with Gasteiger partial charge in [0.25, 0.3) is 0 Å². The SMILES string of the molecule is CCC(Cc1cccc(Br)c1)C(=O)NC(C)CCCO. The molecule has 0 fully saturated rings. The van der Waals surface area contributed by atoms with Crippen molar-refractivity contribution in [3.8, 4) is 0 Å². The highest BCUT2D eigenvalue weighted by Crippen LogP contribution is 2.17. The molecule has 1 aromatic carbocycles. The predicted octanol–water partition coefficient (Wildman–Crippen LogP) is 3.30. The summed E-state index contributed by atoms with van der Waals surface area (Å²) in [5.41, 5.74) is 1.17. The van der Waals surface area contributed by atoms with E-state index in [-0.39, 0.29) is 24.5 Å². The van der Waals surface area contributed by atoms with Crippen molar-refractivity contribution >= 4 is 21.8 Å². The molecule has 2 N–H and O–H groups in total. The van der Waals surface area contributed by atoms with E-state index < -0.39 is 0 Å². The van der Waals surface area contributed by atoms with Crippen LogP contribution in [-0.2, 0) is 11.2 Å². The van der Waals surface area contributed by atoms with Crippen LogP contribution in [0.5, 0.6) is 0 Å². The maximum absolute atomic E-state index is 12.3. The molecule has 2 atom stereocenters. The van der Waals surface area contributed by atoms with Crippen molar-refractivity contribution in [3.05, 3.63) is 34.3 Å². The van der Waals surface area contributed by atoms with Gasteiger partial charge in [-0.2, -0.15) is 0 Å². The summed E-state index contributed by atoms with van der Waals surface area (Å²) >= 11 is 3.46. The zero-order valence-electron chi connectivity index (χ0n) is 12.2. The Morgan fingerprint density at radius 2 is 2.20 bits per heavy atom. The second-order valence-corrected chi connectivity index (χ2v) is 6.13. The molecule has 0 radical (unpaired) electrons. The molecular weight excluding hydrogens is 318 g/mol. The first-order valence-electron chi connectivity index (χ1n) is 7.22. The standard InChI is InChI=1S/C16H24BrNO2/c1-3-14(10-13-7-4-8-15(17)11-13)16(20)18-12(2)6-5-9-19/h4,7-8,11-12,14,19H,3,5-6,9-10H2,1-2H3,(H,18,20). The molecule has 0 saturated carbocycles. The number of amides is 1. The molecule has 1 aromatic rings. The second kappa shape index (κ2) is 9.14. The fraction of sp³-hybridized carbons (Fsp3) is 0.562. The average molecular weight is 342 g/mol. The van der Waals surface area contributed by atoms with E-state index in [2.05, 4.69) is 33.4 Å². The average Bonchev–Trinajstić information content (AvgIpc) is 2.42. The third-order valence-corrected chi connectivity index (χ3v) is 3.91. The van der Waals surface area contributed by atoms with Crippen molar-refractivity contribution < 1.29 is 9.90 Å². The van der Waals surface area contributed by atoms with E-state index in [1.807, 2.05) is 26.0 Å². The number of rotatable bonds is 8. The first kappa shape index (κ1) is 17.2. The highest BCUT2D eigenvalue weighted by Gasteiger charge is 2.18. The molecule has 0 saturated heterocycles. The van der Waals surface area contributed by atoms with Crippen molar-refractivity contribution in [1.29, 1.82) is 0 Å². The van der Waals surface area contributed by atoms with Crippen molar-refractivity contribution in [1.82, 2.24) is 5.32 Å². The number of benzene rings is 1. The fourth-order valence-corrected chi connectivity index (χ4v) is 2.65. The summed E-state index contributed by atoms with van der Waals surface area (Å²) in [7, 11) is 0. The Morgan fingerprint density at radius 3 is 2.80 bits per heavy atom. The van der Waals surface area contributed by atoms with Gasteiger partial charge in [-0.25, -0.2) is 0 Å². The van der Waals surface area contributed by atoms with Gasteiger partial charge in [0.2, 0.25) is 5.91 Å². The van der Waals surface area contributed by atoms with Crippen molar-refractivity contribution in [3.63, 3.8) is 0 Å². The van der Waals surface area contributed by atoms with Crippen LogP contribution in [0.25, 0.3) is 0 Å². The molecule has 1 rings (SSSR count). The van der Waals surface area contributed by atoms with E-state index in [1.165, 1.54) is 5.56 Å². The fourth-order valence-electron chi connectivity index (χ4n) is 2.20. The third kappa shape index (κ3) is 6.06. The zero-order valence-corrected chi connectivity index (χ0v) is 13.8. The molecule has 1 amide bonds. The van der Waals surface area contributed by atoms with Gasteiger partial charge >= 0.3 is 0 Å². The molecule has 0 aliphatic heterocycles. The van der Waals surface area contributed by atoms with E-state index in [1.54, 1.807) is 0 Å². The Labute approximate surface area is 129 Å². The Kier molecular flexibility index (Phi) is 7.85. The van der Waals surface area contributed by atoms with Crippen LogP contribution >= 0.6 is 15.9 Å². The molecule has 0 aromatic heterocycles. The molecule has 2 unspecified atom stereocenters. The Hall–Kier alpha value is -0.870. The number of halogens is 1. The number of hydrogen-bond acceptors (Lipinski definition) is 2. The number of aliphatic hydroxyl groups is 1. The van der Waals surface area contributed by atoms with Gasteiger partial charge in [-0.15, -0.1) is 0 Å². The summed E-state index contributed by atoms with van der Waals surface area (Å²) in [5.74, 6) is 0.110. The van der Waals surface area contributed by atoms with Crippen LogP contribution in [0.4, 0.5) is 0 Å². The van der Waals surface area contributed by atoms with E-state index >= 15 is 0 Å². The minimum absolute atomic E-state index is 0.000812. The van der Waals surface area contributed by atoms with Gasteiger partial charge in [0, 0.05) is 23.0 Å². The summed E-state index contributed by atoms with van der Waals surface area (Å²) in [6.07, 6.45) is 3.12. The normalized spacial score (nSPS) is 13.8. The highest BCUT2D eigenvalue weighted by molar-refractivity contribution is 9.10. The molecule has 0 aliphatic rings. The van der Waals surface area contributed by atoms with Gasteiger partial charge in [-0.05, 0) is 50.3 Å². The lowest BCUT2D eigenvalue weighted by Crippen LogP contribution is -2.38. The zero-order chi connectivity index (χ0) is 15.0. The van der Waals surface area contributed by atoms with E-state index in [4.69, 9.17) is 5.11 Å². The number of carbonyl (C=O) groups is 1. The van der Waals surface area contributed by atoms with Crippen molar-refractivity contribution in [2.75, 3.05) is 6.61 Å². The van der Waals surface area contributed by atoms with Crippen LogP contribution in [0.3, 0.4) is 0 Å². The lowest BCUT2D eigenvalue weighted by atomic mass is 9.95. The molecule has 4 heteroatoms. The quantitative estimate of drug-likeness (QED) is 0.762. The second-order valence-electron chi connectivity index (χ2n) is 5.21. The van der Waals surface area contributed by atoms with Crippen LogP contribution in [0.15, 0.2) is 28.7 Å². The lowest BCUT2D eigenvalue weighted by molar-refractivity contribution is -0.125. The smallest absolute Gasteiger partial charge is 0.223 e. The Bertz CT molecular complexity index is 423. The first-order chi connectivity index (χ1) is 9.56. The monoisotopic (exact) mass is 341 g/mol. The topological polar surface area (TPSA) is 49.3 Å². The maximum atomic E-state index is 12.3. The van der Waals surface area contributed by atoms with Crippen LogP contribution < -0.4 is 5.32 Å². The van der Waals surface area contributed by atoms with Crippen LogP contribution in [-0.4, -0.2) is 23.7 Å². The lowest BCUT2D eigenvalue weighted by Gasteiger charge is -2.19. The van der Waals surface area contributed by atoms with E-state index in [9.17, 15) is 4.79 Å². The van der Waals surface area contributed by atoms with E-state index in [0.717, 1.165) is 30.2 Å². The minimum atomic E-state index is 0.000812. The molecule has 0 bridgehead atoms. The largest absolute Gasteiger partial charge is 0.396 e. The van der Waals surface area contributed by atoms with Gasteiger partial charge in [0.05, 0.1) is 0 Å². The Balaban J connectivity index is 2.54. The van der Waals surface area contributed by atoms with Gasteiger partial charge in [0.1, 0.15) is 0 Å². The van der Waals surface area contributed by atoms with Gasteiger partial charge in [-0.1, -0.05) is 35.0 Å². The number of carbonyl (C=O) groups excluding carboxylic acids is 1. The van der Waals surface area contributed by atoms with E-state index in [0.29, 0.717) is 0 Å². The van der Waals surface area contributed by atoms with Crippen LogP contribution in [0.2, 0.25) is 0 Å². The van der Waals surface area contributed by atoms with Gasteiger partial charge < -0.3 is 10.4 Å². The molecule has 20 heavy (non-hydrogen) atoms. The molecule has 0 spiro atoms. The number of hydrogen-bond donors (Lipinski definition) is 2. The molecule has 0 heterocycles. The molecule has 3 nitrogen and oxygen atoms in total. The molecule has 0 aliphatic carbocycles. The summed E-state index contributed by atoms with van der Waals surface area (Å²) < 4.78 is 1.04. The Morgan fingerprint density at radius 1 is 1.45 bits per heavy atom. The number of aliphatic hydroxyl groups excluding tert-OH is 1.